The zero-order valence-corrected chi connectivity index (χ0v) is 14.3. The highest BCUT2D eigenvalue weighted by Gasteiger charge is 2.33. The molecule has 0 bridgehead atoms. The molecule has 1 aliphatic heterocycles. The van der Waals surface area contributed by atoms with Crippen LogP contribution in [0.15, 0.2) is 23.3 Å². The summed E-state index contributed by atoms with van der Waals surface area (Å²) in [4.78, 5) is 13.6. The van der Waals surface area contributed by atoms with Crippen LogP contribution >= 0.6 is 23.8 Å². The summed E-state index contributed by atoms with van der Waals surface area (Å²) >= 11 is 10.4. The third kappa shape index (κ3) is 5.03. The Morgan fingerprint density at radius 3 is 2.56 bits per heavy atom. The summed E-state index contributed by atoms with van der Waals surface area (Å²) in [5.74, 6) is -0.520. The van der Waals surface area contributed by atoms with E-state index >= 15 is 0 Å². The number of thiocarbonyl (C=S) groups is 1. The lowest BCUT2D eigenvalue weighted by Gasteiger charge is -2.26. The van der Waals surface area contributed by atoms with E-state index in [1.54, 1.807) is 0 Å². The Morgan fingerprint density at radius 1 is 1.36 bits per heavy atom. The number of carbonyl (C=O) groups excluding carboxylic acids is 1. The predicted molar refractivity (Wildman–Crippen MR) is 91.7 cm³/mol. The fourth-order valence-corrected chi connectivity index (χ4v) is 2.41. The number of hydrogen-bond acceptors (Lipinski definition) is 5. The Labute approximate surface area is 151 Å². The molecule has 0 spiro atoms. The van der Waals surface area contributed by atoms with Gasteiger partial charge in [0, 0.05) is 13.1 Å². The molecule has 6 nitrogen and oxygen atoms in total. The minimum absolute atomic E-state index is 0.0137. The van der Waals surface area contributed by atoms with Gasteiger partial charge in [-0.05, 0) is 18.2 Å². The maximum absolute atomic E-state index is 12.9. The van der Waals surface area contributed by atoms with Gasteiger partial charge in [0.2, 0.25) is 0 Å². The number of nitrogens with two attached hydrogens (primary N) is 1. The molecule has 1 aliphatic rings. The first-order chi connectivity index (χ1) is 11.7. The van der Waals surface area contributed by atoms with Gasteiger partial charge in [-0.1, -0.05) is 23.8 Å². The molecule has 0 unspecified atom stereocenters. The molecule has 11 heteroatoms. The molecule has 3 N–H and O–H groups in total. The van der Waals surface area contributed by atoms with Crippen molar-refractivity contribution in [3.05, 3.63) is 28.8 Å². The van der Waals surface area contributed by atoms with Crippen molar-refractivity contribution in [2.45, 2.75) is 6.18 Å². The first kappa shape index (κ1) is 19.4. The van der Waals surface area contributed by atoms with Crippen LogP contribution in [0.5, 0.6) is 0 Å². The second-order valence-corrected chi connectivity index (χ2v) is 5.88. The maximum atomic E-state index is 12.9. The number of hydrazone groups is 1. The van der Waals surface area contributed by atoms with Gasteiger partial charge < -0.3 is 15.4 Å². The molecule has 2 rings (SSSR count). The van der Waals surface area contributed by atoms with Crippen molar-refractivity contribution in [1.29, 1.82) is 0 Å². The Bertz CT molecular complexity index is 706. The van der Waals surface area contributed by atoms with E-state index < -0.39 is 22.7 Å². The molecule has 1 aromatic carbocycles. The molecular formula is C14H14ClF3N4O2S. The van der Waals surface area contributed by atoms with Crippen LogP contribution in [0.2, 0.25) is 5.02 Å². The smallest absolute Gasteiger partial charge is 0.388 e. The van der Waals surface area contributed by atoms with E-state index in [1.807, 2.05) is 0 Å². The normalized spacial score (nSPS) is 15.8. The number of hydrogen-bond donors (Lipinski definition) is 2. The molecule has 1 aromatic rings. The van der Waals surface area contributed by atoms with Crippen molar-refractivity contribution in [1.82, 2.24) is 4.90 Å². The number of amides is 1. The highest BCUT2D eigenvalue weighted by atomic mass is 35.5. The van der Waals surface area contributed by atoms with Gasteiger partial charge in [0.05, 0.1) is 29.5 Å². The number of anilines is 1. The molecule has 0 radical (unpaired) electrons. The number of halogens is 4. The topological polar surface area (TPSA) is 79.9 Å². The van der Waals surface area contributed by atoms with Crippen molar-refractivity contribution in [3.63, 3.8) is 0 Å². The quantitative estimate of drug-likeness (QED) is 0.465. The molecule has 0 saturated carbocycles. The molecule has 1 fully saturated rings. The average Bonchev–Trinajstić information content (AvgIpc) is 2.55. The number of carbonyl (C=O) groups is 1. The van der Waals surface area contributed by atoms with E-state index in [9.17, 15) is 18.0 Å². The average molecular weight is 395 g/mol. The van der Waals surface area contributed by atoms with E-state index in [-0.39, 0.29) is 16.4 Å². The summed E-state index contributed by atoms with van der Waals surface area (Å²) in [7, 11) is 0. The van der Waals surface area contributed by atoms with Crippen LogP contribution in [0.4, 0.5) is 18.9 Å². The molecule has 1 amide bonds. The zero-order valence-electron chi connectivity index (χ0n) is 12.8. The molecule has 0 atom stereocenters. The third-order valence-electron chi connectivity index (χ3n) is 3.30. The van der Waals surface area contributed by atoms with Gasteiger partial charge in [-0.3, -0.25) is 10.2 Å². The maximum Gasteiger partial charge on any atom is 0.417 e. The predicted octanol–water partition coefficient (Wildman–Crippen LogP) is 2.27. The highest BCUT2D eigenvalue weighted by Crippen LogP contribution is 2.36. The third-order valence-corrected chi connectivity index (χ3v) is 3.83. The Balaban J connectivity index is 2.22. The van der Waals surface area contributed by atoms with Gasteiger partial charge >= 0.3 is 6.18 Å². The Kier molecular flexibility index (Phi) is 6.20. The van der Waals surface area contributed by atoms with Gasteiger partial charge in [0.15, 0.2) is 5.71 Å². The minimum atomic E-state index is -4.62. The fourth-order valence-electron chi connectivity index (χ4n) is 2.06. The summed E-state index contributed by atoms with van der Waals surface area (Å²) in [5.41, 5.74) is 6.60. The standard InChI is InChI=1S/C14H14ClF3N4O2S/c15-10-2-1-8(7-9(10)14(16,17)18)20-21-11(12(19)25)13(23)22-3-5-24-6-4-22/h1-2,7,20H,3-6H2,(H2,19,25). The molecule has 136 valence electrons. The van der Waals surface area contributed by atoms with Crippen molar-refractivity contribution in [3.8, 4) is 0 Å². The van der Waals surface area contributed by atoms with Crippen LogP contribution in [0.1, 0.15) is 5.56 Å². The minimum Gasteiger partial charge on any atom is -0.388 e. The summed E-state index contributed by atoms with van der Waals surface area (Å²) in [6.07, 6.45) is -4.62. The van der Waals surface area contributed by atoms with E-state index in [4.69, 9.17) is 34.3 Å². The number of nitrogens with zero attached hydrogens (tertiary/aromatic N) is 2. The highest BCUT2D eigenvalue weighted by molar-refractivity contribution is 7.82. The van der Waals surface area contributed by atoms with Crippen LogP contribution in [0, 0.1) is 0 Å². The summed E-state index contributed by atoms with van der Waals surface area (Å²) in [6.45, 7) is 1.44. The molecule has 0 aromatic heterocycles. The summed E-state index contributed by atoms with van der Waals surface area (Å²) in [6, 6.07) is 3.15. The van der Waals surface area contributed by atoms with Crippen molar-refractivity contribution in [2.75, 3.05) is 31.7 Å². The number of rotatable bonds is 4. The largest absolute Gasteiger partial charge is 0.417 e. The number of ether oxygens (including phenoxy) is 1. The Hall–Kier alpha value is -1.91. The molecule has 1 heterocycles. The van der Waals surface area contributed by atoms with Gasteiger partial charge in [-0.2, -0.15) is 18.3 Å². The lowest BCUT2D eigenvalue weighted by atomic mass is 10.2. The van der Waals surface area contributed by atoms with Crippen molar-refractivity contribution >= 4 is 46.1 Å². The molecule has 1 saturated heterocycles. The lowest BCUT2D eigenvalue weighted by molar-refractivity contribution is -0.137. The van der Waals surface area contributed by atoms with Crippen molar-refractivity contribution in [2.24, 2.45) is 10.8 Å². The number of nitrogens with one attached hydrogen (secondary N) is 1. The zero-order chi connectivity index (χ0) is 18.6. The molecule has 25 heavy (non-hydrogen) atoms. The van der Waals surface area contributed by atoms with E-state index in [0.717, 1.165) is 12.1 Å². The Morgan fingerprint density at radius 2 is 2.00 bits per heavy atom. The van der Waals surface area contributed by atoms with Gasteiger partial charge in [-0.25, -0.2) is 0 Å². The first-order valence-corrected chi connectivity index (χ1v) is 7.86. The van der Waals surface area contributed by atoms with E-state index in [1.165, 1.54) is 11.0 Å². The van der Waals surface area contributed by atoms with Gasteiger partial charge in [-0.15, -0.1) is 0 Å². The number of alkyl halides is 3. The summed E-state index contributed by atoms with van der Waals surface area (Å²) < 4.78 is 43.7. The van der Waals surface area contributed by atoms with Crippen LogP contribution in [0.25, 0.3) is 0 Å². The molecule has 0 aliphatic carbocycles. The SMILES string of the molecule is NC(=S)C(=NNc1ccc(Cl)c(C(F)(F)F)c1)C(=O)N1CCOCC1. The second kappa shape index (κ2) is 7.98. The number of benzene rings is 1. The van der Waals surface area contributed by atoms with Crippen LogP contribution in [-0.4, -0.2) is 47.8 Å². The monoisotopic (exact) mass is 394 g/mol. The molecular weight excluding hydrogens is 381 g/mol. The van der Waals surface area contributed by atoms with Crippen LogP contribution in [-0.2, 0) is 15.7 Å². The van der Waals surface area contributed by atoms with Gasteiger partial charge in [0.25, 0.3) is 5.91 Å². The van der Waals surface area contributed by atoms with Crippen LogP contribution in [0.3, 0.4) is 0 Å². The first-order valence-electron chi connectivity index (χ1n) is 7.07. The second-order valence-electron chi connectivity index (χ2n) is 5.03. The van der Waals surface area contributed by atoms with E-state index in [0.29, 0.717) is 26.3 Å². The fraction of sp³-hybridized carbons (Fsp3) is 0.357. The van der Waals surface area contributed by atoms with Crippen LogP contribution < -0.4 is 11.2 Å². The number of morpholine rings is 1. The summed E-state index contributed by atoms with van der Waals surface area (Å²) in [5, 5.41) is 3.34. The van der Waals surface area contributed by atoms with Crippen molar-refractivity contribution < 1.29 is 22.7 Å². The van der Waals surface area contributed by atoms with Gasteiger partial charge in [0.1, 0.15) is 4.99 Å². The lowest BCUT2D eigenvalue weighted by Crippen LogP contribution is -2.47. The van der Waals surface area contributed by atoms with E-state index in [2.05, 4.69) is 10.5 Å².